The summed E-state index contributed by atoms with van der Waals surface area (Å²) in [7, 11) is 0. The minimum Gasteiger partial charge on any atom is -0.477 e. The predicted molar refractivity (Wildman–Crippen MR) is 84.6 cm³/mol. The summed E-state index contributed by atoms with van der Waals surface area (Å²) >= 11 is 1.33. The number of nitrogens with zero attached hydrogens (tertiary/aromatic N) is 3. The van der Waals surface area contributed by atoms with E-state index in [1.165, 1.54) is 30.7 Å². The van der Waals surface area contributed by atoms with Gasteiger partial charge in [0.25, 0.3) is 0 Å². The molecule has 6 heteroatoms. The molecule has 0 aromatic carbocycles. The monoisotopic (exact) mass is 309 g/mol. The second kappa shape index (κ2) is 5.25. The van der Waals surface area contributed by atoms with E-state index in [1.807, 2.05) is 20.8 Å². The third-order valence-corrected chi connectivity index (χ3v) is 5.48. The number of carboxylic acids is 1. The average Bonchev–Trinajstić information content (AvgIpc) is 3.03. The summed E-state index contributed by atoms with van der Waals surface area (Å²) in [5.74, 6) is -0.858. The summed E-state index contributed by atoms with van der Waals surface area (Å²) in [6.45, 7) is 10.3. The Kier molecular flexibility index (Phi) is 3.69. The summed E-state index contributed by atoms with van der Waals surface area (Å²) in [6, 6.07) is 0.619. The first-order chi connectivity index (χ1) is 9.86. The van der Waals surface area contributed by atoms with Gasteiger partial charge in [0, 0.05) is 31.1 Å². The second-order valence-electron chi connectivity index (χ2n) is 7.01. The van der Waals surface area contributed by atoms with Crippen LogP contribution in [0.25, 0.3) is 0 Å². The SMILES string of the molecule is CC(C)(C)c1nc(N2CCN3CCCC3C2)sc1C(=O)O. The molecule has 0 spiro atoms. The molecule has 2 saturated heterocycles. The molecule has 116 valence electrons. The van der Waals surface area contributed by atoms with Crippen LogP contribution < -0.4 is 4.90 Å². The van der Waals surface area contributed by atoms with Gasteiger partial charge in [-0.15, -0.1) is 0 Å². The number of aromatic carboxylic acids is 1. The van der Waals surface area contributed by atoms with E-state index in [9.17, 15) is 9.90 Å². The molecule has 1 atom stereocenters. The van der Waals surface area contributed by atoms with Gasteiger partial charge in [-0.3, -0.25) is 4.90 Å². The Labute approximate surface area is 129 Å². The molecule has 5 nitrogen and oxygen atoms in total. The Balaban J connectivity index is 1.87. The molecule has 0 bridgehead atoms. The molecule has 3 rings (SSSR count). The summed E-state index contributed by atoms with van der Waals surface area (Å²) in [5.41, 5.74) is 0.473. The molecular formula is C15H23N3O2S. The summed E-state index contributed by atoms with van der Waals surface area (Å²) < 4.78 is 0. The van der Waals surface area contributed by atoms with E-state index in [-0.39, 0.29) is 5.41 Å². The van der Waals surface area contributed by atoms with E-state index >= 15 is 0 Å². The second-order valence-corrected chi connectivity index (χ2v) is 7.98. The van der Waals surface area contributed by atoms with Gasteiger partial charge in [0.15, 0.2) is 5.13 Å². The largest absolute Gasteiger partial charge is 0.477 e. The third kappa shape index (κ3) is 2.79. The molecule has 0 aliphatic carbocycles. The van der Waals surface area contributed by atoms with Crippen molar-refractivity contribution in [3.05, 3.63) is 10.6 Å². The van der Waals surface area contributed by atoms with Crippen LogP contribution in [0.15, 0.2) is 0 Å². The third-order valence-electron chi connectivity index (χ3n) is 4.38. The Morgan fingerprint density at radius 2 is 2.10 bits per heavy atom. The number of hydrogen-bond donors (Lipinski definition) is 1. The van der Waals surface area contributed by atoms with Crippen LogP contribution in [0.5, 0.6) is 0 Å². The summed E-state index contributed by atoms with van der Waals surface area (Å²) in [6.07, 6.45) is 2.53. The normalized spacial score (nSPS) is 23.4. The number of aromatic nitrogens is 1. The lowest BCUT2D eigenvalue weighted by atomic mass is 9.91. The minimum absolute atomic E-state index is 0.238. The Morgan fingerprint density at radius 1 is 1.33 bits per heavy atom. The average molecular weight is 309 g/mol. The minimum atomic E-state index is -0.858. The van der Waals surface area contributed by atoms with Crippen molar-refractivity contribution in [2.75, 3.05) is 31.1 Å². The number of hydrogen-bond acceptors (Lipinski definition) is 5. The highest BCUT2D eigenvalue weighted by Gasteiger charge is 2.34. The van der Waals surface area contributed by atoms with Gasteiger partial charge in [-0.25, -0.2) is 9.78 Å². The molecule has 2 fully saturated rings. The van der Waals surface area contributed by atoms with Crippen LogP contribution in [0.4, 0.5) is 5.13 Å². The van der Waals surface area contributed by atoms with Crippen LogP contribution in [0.2, 0.25) is 0 Å². The van der Waals surface area contributed by atoms with Crippen molar-refractivity contribution in [3.63, 3.8) is 0 Å². The molecule has 1 aromatic rings. The molecule has 2 aliphatic heterocycles. The topological polar surface area (TPSA) is 56.7 Å². The highest BCUT2D eigenvalue weighted by molar-refractivity contribution is 7.17. The molecule has 1 unspecified atom stereocenters. The zero-order chi connectivity index (χ0) is 15.2. The van der Waals surface area contributed by atoms with Gasteiger partial charge in [0.1, 0.15) is 4.88 Å². The summed E-state index contributed by atoms with van der Waals surface area (Å²) in [4.78, 5) is 21.4. The molecule has 2 aliphatic rings. The van der Waals surface area contributed by atoms with Gasteiger partial charge in [0.2, 0.25) is 0 Å². The van der Waals surface area contributed by atoms with E-state index in [2.05, 4.69) is 14.8 Å². The van der Waals surface area contributed by atoms with Gasteiger partial charge in [-0.2, -0.15) is 0 Å². The molecule has 1 N–H and O–H groups in total. The van der Waals surface area contributed by atoms with Crippen molar-refractivity contribution in [1.29, 1.82) is 0 Å². The van der Waals surface area contributed by atoms with Crippen molar-refractivity contribution >= 4 is 22.4 Å². The lowest BCUT2D eigenvalue weighted by Crippen LogP contribution is -2.50. The Hall–Kier alpha value is -1.14. The van der Waals surface area contributed by atoms with E-state index in [0.29, 0.717) is 16.6 Å². The Morgan fingerprint density at radius 3 is 2.71 bits per heavy atom. The molecule has 1 aromatic heterocycles. The van der Waals surface area contributed by atoms with Crippen molar-refractivity contribution in [2.24, 2.45) is 0 Å². The first kappa shape index (κ1) is 14.8. The fourth-order valence-corrected chi connectivity index (χ4v) is 4.41. The lowest BCUT2D eigenvalue weighted by molar-refractivity contribution is 0.0699. The van der Waals surface area contributed by atoms with Crippen LogP contribution in [-0.4, -0.2) is 53.2 Å². The van der Waals surface area contributed by atoms with Crippen molar-refractivity contribution in [1.82, 2.24) is 9.88 Å². The van der Waals surface area contributed by atoms with Gasteiger partial charge in [-0.1, -0.05) is 32.1 Å². The van der Waals surface area contributed by atoms with E-state index in [1.54, 1.807) is 0 Å². The van der Waals surface area contributed by atoms with Gasteiger partial charge >= 0.3 is 5.97 Å². The highest BCUT2D eigenvalue weighted by atomic mass is 32.1. The van der Waals surface area contributed by atoms with Crippen LogP contribution in [0, 0.1) is 0 Å². The van der Waals surface area contributed by atoms with Crippen LogP contribution >= 0.6 is 11.3 Å². The maximum atomic E-state index is 11.5. The van der Waals surface area contributed by atoms with Crippen molar-refractivity contribution in [2.45, 2.75) is 45.1 Å². The highest BCUT2D eigenvalue weighted by Crippen LogP contribution is 2.35. The number of anilines is 1. The number of carboxylic acid groups (broad SMARTS) is 1. The number of piperazine rings is 1. The fraction of sp³-hybridized carbons (Fsp3) is 0.733. The molecule has 3 heterocycles. The first-order valence-corrected chi connectivity index (χ1v) is 8.41. The zero-order valence-electron chi connectivity index (χ0n) is 12.9. The van der Waals surface area contributed by atoms with Gasteiger partial charge in [0.05, 0.1) is 5.69 Å². The standard InChI is InChI=1S/C15H23N3O2S/c1-15(2,3)12-11(13(19)20)21-14(16-12)18-8-7-17-6-4-5-10(17)9-18/h10H,4-9H2,1-3H3,(H,19,20). The van der Waals surface area contributed by atoms with E-state index in [4.69, 9.17) is 0 Å². The van der Waals surface area contributed by atoms with Gasteiger partial charge in [-0.05, 0) is 19.4 Å². The van der Waals surface area contributed by atoms with Crippen LogP contribution in [-0.2, 0) is 5.41 Å². The molecule has 21 heavy (non-hydrogen) atoms. The summed E-state index contributed by atoms with van der Waals surface area (Å²) in [5, 5.41) is 10.3. The van der Waals surface area contributed by atoms with Gasteiger partial charge < -0.3 is 10.0 Å². The van der Waals surface area contributed by atoms with Crippen molar-refractivity contribution in [3.8, 4) is 0 Å². The maximum absolute atomic E-state index is 11.5. The maximum Gasteiger partial charge on any atom is 0.347 e. The quantitative estimate of drug-likeness (QED) is 0.909. The zero-order valence-corrected chi connectivity index (χ0v) is 13.7. The van der Waals surface area contributed by atoms with Crippen LogP contribution in [0.1, 0.15) is 49.0 Å². The Bertz CT molecular complexity index is 550. The number of rotatable bonds is 2. The van der Waals surface area contributed by atoms with Crippen molar-refractivity contribution < 1.29 is 9.90 Å². The number of fused-ring (bicyclic) bond motifs is 1. The molecular weight excluding hydrogens is 286 g/mol. The predicted octanol–water partition coefficient (Wildman–Crippen LogP) is 2.42. The first-order valence-electron chi connectivity index (χ1n) is 7.60. The molecule has 0 saturated carbocycles. The fourth-order valence-electron chi connectivity index (χ4n) is 3.26. The number of thiazole rings is 1. The van der Waals surface area contributed by atoms with E-state index in [0.717, 1.165) is 24.8 Å². The van der Waals surface area contributed by atoms with Crippen LogP contribution in [0.3, 0.4) is 0 Å². The molecule has 0 radical (unpaired) electrons. The van der Waals surface area contributed by atoms with E-state index < -0.39 is 5.97 Å². The number of carbonyl (C=O) groups is 1. The molecule has 0 amide bonds. The lowest BCUT2D eigenvalue weighted by Gasteiger charge is -2.37. The smallest absolute Gasteiger partial charge is 0.347 e.